The van der Waals surface area contributed by atoms with E-state index in [2.05, 4.69) is 4.98 Å². The predicted molar refractivity (Wildman–Crippen MR) is 109 cm³/mol. The molecule has 2 aromatic carbocycles. The molecule has 4 aromatic rings. The van der Waals surface area contributed by atoms with Crippen molar-refractivity contribution in [1.29, 1.82) is 0 Å². The van der Waals surface area contributed by atoms with Gasteiger partial charge in [-0.1, -0.05) is 53.8 Å². The minimum absolute atomic E-state index is 0.0749. The Labute approximate surface area is 161 Å². The Balaban J connectivity index is 1.54. The van der Waals surface area contributed by atoms with E-state index in [1.165, 1.54) is 0 Å². The molecule has 0 aliphatic heterocycles. The van der Waals surface area contributed by atoms with E-state index in [1.807, 2.05) is 70.3 Å². The topological polar surface area (TPSA) is 51.0 Å². The second-order valence-electron chi connectivity index (χ2n) is 6.33. The van der Waals surface area contributed by atoms with Crippen molar-refractivity contribution in [3.63, 3.8) is 0 Å². The van der Waals surface area contributed by atoms with Gasteiger partial charge in [-0.3, -0.25) is 9.69 Å². The molecular weight excluding hydrogens is 356 g/mol. The number of hydrogen-bond donors (Lipinski definition) is 0. The molecule has 0 unspecified atom stereocenters. The number of carbonyl (C=O) groups excluding carboxylic acids is 1. The van der Waals surface area contributed by atoms with Crippen molar-refractivity contribution in [1.82, 2.24) is 14.5 Å². The van der Waals surface area contributed by atoms with Gasteiger partial charge in [-0.05, 0) is 24.1 Å². The quantitative estimate of drug-likeness (QED) is 0.487. The number of imidazole rings is 1. The summed E-state index contributed by atoms with van der Waals surface area (Å²) in [7, 11) is 0. The number of amides is 1. The van der Waals surface area contributed by atoms with Crippen LogP contribution in [-0.4, -0.2) is 27.0 Å². The van der Waals surface area contributed by atoms with E-state index in [9.17, 15) is 4.79 Å². The third kappa shape index (κ3) is 4.23. The molecule has 0 spiro atoms. The van der Waals surface area contributed by atoms with Gasteiger partial charge in [0.15, 0.2) is 5.13 Å². The van der Waals surface area contributed by atoms with Gasteiger partial charge in [0.05, 0.1) is 23.0 Å². The lowest BCUT2D eigenvalue weighted by molar-refractivity contribution is -0.118. The smallest absolute Gasteiger partial charge is 0.233 e. The lowest BCUT2D eigenvalue weighted by atomic mass is 10.1. The average molecular weight is 376 g/mol. The van der Waals surface area contributed by atoms with Gasteiger partial charge in [0.1, 0.15) is 0 Å². The number of aryl methyl sites for hydroxylation is 1. The summed E-state index contributed by atoms with van der Waals surface area (Å²) in [6, 6.07) is 17.9. The van der Waals surface area contributed by atoms with Gasteiger partial charge in [-0.15, -0.1) is 0 Å². The second-order valence-corrected chi connectivity index (χ2v) is 7.34. The Morgan fingerprint density at radius 2 is 1.89 bits per heavy atom. The van der Waals surface area contributed by atoms with Crippen molar-refractivity contribution in [3.8, 4) is 0 Å². The maximum absolute atomic E-state index is 13.1. The number of aromatic nitrogens is 3. The maximum atomic E-state index is 13.1. The van der Waals surface area contributed by atoms with Crippen molar-refractivity contribution < 1.29 is 4.79 Å². The first kappa shape index (κ1) is 17.4. The number of para-hydroxylation sites is 1. The SMILES string of the molecule is O=C(Cc1ccccc1)N(CCCn1ccnc1)c1nc2ccccc2s1. The molecule has 136 valence electrons. The molecule has 0 aliphatic carbocycles. The summed E-state index contributed by atoms with van der Waals surface area (Å²) in [5, 5.41) is 0.766. The normalized spacial score (nSPS) is 11.0. The fourth-order valence-electron chi connectivity index (χ4n) is 3.00. The highest BCUT2D eigenvalue weighted by Gasteiger charge is 2.19. The summed E-state index contributed by atoms with van der Waals surface area (Å²) in [5.41, 5.74) is 1.95. The van der Waals surface area contributed by atoms with Crippen molar-refractivity contribution in [2.45, 2.75) is 19.4 Å². The molecule has 0 bridgehead atoms. The van der Waals surface area contributed by atoms with Crippen LogP contribution >= 0.6 is 11.3 Å². The number of carbonyl (C=O) groups is 1. The van der Waals surface area contributed by atoms with Gasteiger partial charge in [0.25, 0.3) is 0 Å². The minimum atomic E-state index is 0.0749. The summed E-state index contributed by atoms with van der Waals surface area (Å²) in [5.74, 6) is 0.0749. The number of hydrogen-bond acceptors (Lipinski definition) is 4. The van der Waals surface area contributed by atoms with Gasteiger partial charge in [-0.2, -0.15) is 0 Å². The van der Waals surface area contributed by atoms with Crippen LogP contribution in [0.5, 0.6) is 0 Å². The molecule has 0 atom stereocenters. The van der Waals surface area contributed by atoms with Crippen LogP contribution in [0.15, 0.2) is 73.3 Å². The molecule has 0 N–H and O–H groups in total. The molecule has 1 amide bonds. The lowest BCUT2D eigenvalue weighted by Crippen LogP contribution is -2.33. The van der Waals surface area contributed by atoms with E-state index in [1.54, 1.807) is 23.9 Å². The van der Waals surface area contributed by atoms with E-state index in [0.29, 0.717) is 13.0 Å². The number of anilines is 1. The Morgan fingerprint density at radius 1 is 1.07 bits per heavy atom. The first-order valence-corrected chi connectivity index (χ1v) is 9.77. The maximum Gasteiger partial charge on any atom is 0.233 e. The number of rotatable bonds is 7. The van der Waals surface area contributed by atoms with E-state index in [-0.39, 0.29) is 5.91 Å². The largest absolute Gasteiger partial charge is 0.337 e. The minimum Gasteiger partial charge on any atom is -0.337 e. The van der Waals surface area contributed by atoms with Crippen molar-refractivity contribution in [2.24, 2.45) is 0 Å². The Morgan fingerprint density at radius 3 is 2.67 bits per heavy atom. The van der Waals surface area contributed by atoms with Crippen molar-refractivity contribution in [3.05, 3.63) is 78.9 Å². The summed E-state index contributed by atoms with van der Waals surface area (Å²) in [6.45, 7) is 1.45. The van der Waals surface area contributed by atoms with Crippen LogP contribution < -0.4 is 4.90 Å². The average Bonchev–Trinajstić information content (AvgIpc) is 3.35. The van der Waals surface area contributed by atoms with Crippen LogP contribution in [0, 0.1) is 0 Å². The molecular formula is C21H20N4OS. The first-order valence-electron chi connectivity index (χ1n) is 8.95. The van der Waals surface area contributed by atoms with Crippen LogP contribution in [0.25, 0.3) is 10.2 Å². The highest BCUT2D eigenvalue weighted by Crippen LogP contribution is 2.29. The third-order valence-electron chi connectivity index (χ3n) is 4.37. The van der Waals surface area contributed by atoms with Gasteiger partial charge in [-0.25, -0.2) is 9.97 Å². The van der Waals surface area contributed by atoms with Gasteiger partial charge in [0.2, 0.25) is 5.91 Å². The zero-order chi connectivity index (χ0) is 18.5. The second kappa shape index (κ2) is 8.14. The molecule has 5 nitrogen and oxygen atoms in total. The highest BCUT2D eigenvalue weighted by atomic mass is 32.1. The van der Waals surface area contributed by atoms with Crippen LogP contribution in [-0.2, 0) is 17.8 Å². The lowest BCUT2D eigenvalue weighted by Gasteiger charge is -2.20. The monoisotopic (exact) mass is 376 g/mol. The molecule has 0 radical (unpaired) electrons. The number of nitrogens with zero attached hydrogens (tertiary/aromatic N) is 4. The van der Waals surface area contributed by atoms with Crippen LogP contribution in [0.1, 0.15) is 12.0 Å². The molecule has 0 saturated carbocycles. The van der Waals surface area contributed by atoms with E-state index < -0.39 is 0 Å². The molecule has 0 aliphatic rings. The molecule has 4 rings (SSSR count). The van der Waals surface area contributed by atoms with Crippen molar-refractivity contribution in [2.75, 3.05) is 11.4 Å². The van der Waals surface area contributed by atoms with Gasteiger partial charge >= 0.3 is 0 Å². The Hall–Kier alpha value is -2.99. The van der Waals surface area contributed by atoms with E-state index in [0.717, 1.165) is 33.9 Å². The first-order chi connectivity index (χ1) is 13.3. The molecule has 2 aromatic heterocycles. The molecule has 27 heavy (non-hydrogen) atoms. The fourth-order valence-corrected chi connectivity index (χ4v) is 4.01. The van der Waals surface area contributed by atoms with Crippen LogP contribution in [0.3, 0.4) is 0 Å². The van der Waals surface area contributed by atoms with Gasteiger partial charge in [0, 0.05) is 25.5 Å². The number of fused-ring (bicyclic) bond motifs is 1. The number of thiazole rings is 1. The summed E-state index contributed by atoms with van der Waals surface area (Å²) in [4.78, 5) is 23.6. The Bertz CT molecular complexity index is 978. The molecule has 0 saturated heterocycles. The Kier molecular flexibility index (Phi) is 5.25. The summed E-state index contributed by atoms with van der Waals surface area (Å²) in [6.07, 6.45) is 6.72. The fraction of sp³-hybridized carbons (Fsp3) is 0.190. The van der Waals surface area contributed by atoms with E-state index >= 15 is 0 Å². The van der Waals surface area contributed by atoms with E-state index in [4.69, 9.17) is 4.98 Å². The number of benzene rings is 2. The van der Waals surface area contributed by atoms with Crippen LogP contribution in [0.4, 0.5) is 5.13 Å². The third-order valence-corrected chi connectivity index (χ3v) is 5.43. The molecule has 0 fully saturated rings. The molecule has 2 heterocycles. The zero-order valence-electron chi connectivity index (χ0n) is 14.9. The van der Waals surface area contributed by atoms with Crippen LogP contribution in [0.2, 0.25) is 0 Å². The van der Waals surface area contributed by atoms with Crippen molar-refractivity contribution >= 4 is 32.6 Å². The summed E-state index contributed by atoms with van der Waals surface area (Å²) < 4.78 is 3.12. The highest BCUT2D eigenvalue weighted by molar-refractivity contribution is 7.22. The molecule has 6 heteroatoms. The zero-order valence-corrected chi connectivity index (χ0v) is 15.7. The predicted octanol–water partition coefficient (Wildman–Crippen LogP) is 4.16. The summed E-state index contributed by atoms with van der Waals surface area (Å²) >= 11 is 1.57. The standard InChI is InChI=1S/C21H20N4OS/c26-20(15-17-7-2-1-3-8-17)25(13-6-12-24-14-11-22-16-24)21-23-18-9-4-5-10-19(18)27-21/h1-5,7-11,14,16H,6,12-13,15H2. The van der Waals surface area contributed by atoms with Gasteiger partial charge < -0.3 is 4.57 Å².